The van der Waals surface area contributed by atoms with Gasteiger partial charge in [-0.2, -0.15) is 0 Å². The van der Waals surface area contributed by atoms with E-state index in [4.69, 9.17) is 27.1 Å². The van der Waals surface area contributed by atoms with Crippen LogP contribution in [0.25, 0.3) is 21.3 Å². The normalized spacial score (nSPS) is 13.8. The molecule has 7 heteroatoms. The number of nitrogen functional groups attached to an aromatic ring is 1. The Morgan fingerprint density at radius 1 is 1.22 bits per heavy atom. The van der Waals surface area contributed by atoms with Crippen LogP contribution in [0, 0.1) is 6.92 Å². The fraction of sp³-hybridized carbons (Fsp3) is 0.200. The number of aromatic nitrogens is 1. The van der Waals surface area contributed by atoms with Crippen molar-refractivity contribution in [3.63, 3.8) is 0 Å². The van der Waals surface area contributed by atoms with Crippen molar-refractivity contribution in [2.75, 3.05) is 19.3 Å². The molecule has 0 fully saturated rings. The maximum absolute atomic E-state index is 13.1. The van der Waals surface area contributed by atoms with Gasteiger partial charge >= 0.3 is 5.97 Å². The highest BCUT2D eigenvalue weighted by Crippen LogP contribution is 2.45. The molecule has 3 heterocycles. The van der Waals surface area contributed by atoms with E-state index in [0.29, 0.717) is 21.3 Å². The number of aryl methyl sites for hydroxylation is 1. The molecule has 0 aliphatic carbocycles. The van der Waals surface area contributed by atoms with E-state index in [1.807, 2.05) is 49.4 Å². The molecule has 2 N–H and O–H groups in total. The van der Waals surface area contributed by atoms with Crippen molar-refractivity contribution >= 4 is 44.8 Å². The third kappa shape index (κ3) is 3.64. The van der Waals surface area contributed by atoms with Crippen molar-refractivity contribution in [1.82, 2.24) is 9.88 Å². The fourth-order valence-corrected chi connectivity index (χ4v) is 5.44. The molecule has 0 spiro atoms. The van der Waals surface area contributed by atoms with Gasteiger partial charge in [0.15, 0.2) is 0 Å². The van der Waals surface area contributed by atoms with Crippen LogP contribution in [0.2, 0.25) is 5.02 Å². The van der Waals surface area contributed by atoms with Gasteiger partial charge in [0.25, 0.3) is 0 Å². The largest absolute Gasteiger partial charge is 0.422 e. The van der Waals surface area contributed by atoms with E-state index in [-0.39, 0.29) is 0 Å². The number of carbonyl (C=O) groups is 1. The van der Waals surface area contributed by atoms with Crippen LogP contribution in [-0.4, -0.2) is 29.4 Å². The topological polar surface area (TPSA) is 68.4 Å². The number of ether oxygens (including phenoxy) is 1. The summed E-state index contributed by atoms with van der Waals surface area (Å²) in [5, 5.41) is 1.42. The van der Waals surface area contributed by atoms with E-state index >= 15 is 0 Å². The molecule has 0 unspecified atom stereocenters. The molecule has 162 valence electrons. The first kappa shape index (κ1) is 20.9. The molecule has 1 aliphatic rings. The zero-order valence-electron chi connectivity index (χ0n) is 17.8. The molecule has 0 saturated heterocycles. The SMILES string of the molecule is Cc1cccc(OC(=O)c2sc3nc4c(c(-c5ccccc5Cl)c3c2N)CN(C)CC4)c1. The van der Waals surface area contributed by atoms with E-state index in [0.717, 1.165) is 57.7 Å². The summed E-state index contributed by atoms with van der Waals surface area (Å²) in [5.41, 5.74) is 12.0. The number of pyridine rings is 1. The van der Waals surface area contributed by atoms with E-state index in [2.05, 4.69) is 11.9 Å². The second-order valence-corrected chi connectivity index (χ2v) is 9.52. The minimum absolute atomic E-state index is 0.359. The highest BCUT2D eigenvalue weighted by Gasteiger charge is 2.28. The second-order valence-electron chi connectivity index (χ2n) is 8.11. The number of hydrogen-bond donors (Lipinski definition) is 1. The Kier molecular flexibility index (Phi) is 5.37. The number of likely N-dealkylation sites (N-methyl/N-ethyl adjacent to an activating group) is 1. The minimum atomic E-state index is -0.476. The molecule has 1 aliphatic heterocycles. The lowest BCUT2D eigenvalue weighted by atomic mass is 9.92. The Bertz CT molecular complexity index is 1370. The van der Waals surface area contributed by atoms with Gasteiger partial charge in [-0.05, 0) is 43.3 Å². The van der Waals surface area contributed by atoms with Crippen molar-refractivity contribution in [2.24, 2.45) is 0 Å². The summed E-state index contributed by atoms with van der Waals surface area (Å²) in [6.07, 6.45) is 0.833. The molecule has 0 atom stereocenters. The zero-order valence-corrected chi connectivity index (χ0v) is 19.4. The highest BCUT2D eigenvalue weighted by atomic mass is 35.5. The Morgan fingerprint density at radius 2 is 2.03 bits per heavy atom. The first-order chi connectivity index (χ1) is 15.4. The third-order valence-electron chi connectivity index (χ3n) is 5.75. The summed E-state index contributed by atoms with van der Waals surface area (Å²) >= 11 is 7.90. The number of halogens is 1. The van der Waals surface area contributed by atoms with Gasteiger partial charge in [-0.1, -0.05) is 41.9 Å². The molecule has 0 bridgehead atoms. The van der Waals surface area contributed by atoms with Crippen molar-refractivity contribution < 1.29 is 9.53 Å². The first-order valence-corrected chi connectivity index (χ1v) is 11.6. The summed E-state index contributed by atoms with van der Waals surface area (Å²) in [7, 11) is 2.09. The van der Waals surface area contributed by atoms with Crippen LogP contribution >= 0.6 is 22.9 Å². The number of anilines is 1. The van der Waals surface area contributed by atoms with E-state index in [1.165, 1.54) is 11.3 Å². The van der Waals surface area contributed by atoms with Gasteiger partial charge in [0.2, 0.25) is 0 Å². The lowest BCUT2D eigenvalue weighted by molar-refractivity contribution is 0.0741. The Morgan fingerprint density at radius 3 is 2.81 bits per heavy atom. The third-order valence-corrected chi connectivity index (χ3v) is 7.16. The van der Waals surface area contributed by atoms with Gasteiger partial charge < -0.3 is 15.4 Å². The predicted octanol–water partition coefficient (Wildman–Crippen LogP) is 5.71. The first-order valence-electron chi connectivity index (χ1n) is 10.4. The maximum Gasteiger partial charge on any atom is 0.355 e. The number of carbonyl (C=O) groups excluding carboxylic acids is 1. The van der Waals surface area contributed by atoms with Crippen molar-refractivity contribution in [2.45, 2.75) is 19.9 Å². The van der Waals surface area contributed by atoms with Gasteiger partial charge in [-0.25, -0.2) is 9.78 Å². The van der Waals surface area contributed by atoms with E-state index < -0.39 is 5.97 Å². The Balaban J connectivity index is 1.70. The number of thiophene rings is 1. The van der Waals surface area contributed by atoms with Crippen molar-refractivity contribution in [3.05, 3.63) is 75.3 Å². The second kappa shape index (κ2) is 8.20. The van der Waals surface area contributed by atoms with E-state index in [1.54, 1.807) is 6.07 Å². The fourth-order valence-electron chi connectivity index (χ4n) is 4.20. The van der Waals surface area contributed by atoms with Crippen LogP contribution in [0.1, 0.15) is 26.5 Å². The smallest absolute Gasteiger partial charge is 0.355 e. The van der Waals surface area contributed by atoms with Crippen LogP contribution in [0.3, 0.4) is 0 Å². The standard InChI is InChI=1S/C25H22ClN3O2S/c1-14-6-5-7-15(12-14)31-25(30)23-22(27)21-20(16-8-3-4-9-18(16)26)17-13-29(2)11-10-19(17)28-24(21)32-23/h3-9,12H,10-11,13,27H2,1-2H3. The summed E-state index contributed by atoms with van der Waals surface area (Å²) in [6, 6.07) is 15.1. The average Bonchev–Trinajstić information content (AvgIpc) is 3.09. The monoisotopic (exact) mass is 463 g/mol. The summed E-state index contributed by atoms with van der Waals surface area (Å²) in [5.74, 6) is 0.0170. The Labute approximate surface area is 195 Å². The maximum atomic E-state index is 13.1. The average molecular weight is 464 g/mol. The molecule has 5 nitrogen and oxygen atoms in total. The summed E-state index contributed by atoms with van der Waals surface area (Å²) in [4.78, 5) is 21.3. The molecule has 0 saturated carbocycles. The lowest BCUT2D eigenvalue weighted by Crippen LogP contribution is -2.28. The van der Waals surface area contributed by atoms with Crippen LogP contribution in [-0.2, 0) is 13.0 Å². The van der Waals surface area contributed by atoms with Gasteiger partial charge in [0.1, 0.15) is 15.5 Å². The number of hydrogen-bond acceptors (Lipinski definition) is 6. The molecule has 2 aromatic carbocycles. The van der Waals surface area contributed by atoms with Gasteiger partial charge in [-0.15, -0.1) is 11.3 Å². The predicted molar refractivity (Wildman–Crippen MR) is 131 cm³/mol. The number of rotatable bonds is 3. The molecule has 4 aromatic rings. The number of fused-ring (bicyclic) bond motifs is 2. The molecule has 5 rings (SSSR count). The van der Waals surface area contributed by atoms with Gasteiger partial charge in [-0.3, -0.25) is 0 Å². The summed E-state index contributed by atoms with van der Waals surface area (Å²) in [6.45, 7) is 3.63. The highest BCUT2D eigenvalue weighted by molar-refractivity contribution is 7.21. The Hall–Kier alpha value is -2.93. The van der Waals surface area contributed by atoms with Gasteiger partial charge in [0, 0.05) is 46.7 Å². The van der Waals surface area contributed by atoms with Crippen LogP contribution in [0.15, 0.2) is 48.5 Å². The molecule has 0 radical (unpaired) electrons. The van der Waals surface area contributed by atoms with Gasteiger partial charge in [0.05, 0.1) is 5.69 Å². The van der Waals surface area contributed by atoms with Crippen LogP contribution < -0.4 is 10.5 Å². The summed E-state index contributed by atoms with van der Waals surface area (Å²) < 4.78 is 5.63. The zero-order chi connectivity index (χ0) is 22.4. The molecule has 2 aromatic heterocycles. The minimum Gasteiger partial charge on any atom is -0.422 e. The molecule has 0 amide bonds. The van der Waals surface area contributed by atoms with Crippen molar-refractivity contribution in [3.8, 4) is 16.9 Å². The molecule has 32 heavy (non-hydrogen) atoms. The number of esters is 1. The van der Waals surface area contributed by atoms with Crippen molar-refractivity contribution in [1.29, 1.82) is 0 Å². The molecular weight excluding hydrogens is 442 g/mol. The quantitative estimate of drug-likeness (QED) is 0.311. The number of benzene rings is 2. The number of nitrogens with two attached hydrogens (primary N) is 1. The number of nitrogens with zero attached hydrogens (tertiary/aromatic N) is 2. The van der Waals surface area contributed by atoms with E-state index in [9.17, 15) is 4.79 Å². The van der Waals surface area contributed by atoms with Crippen LogP contribution in [0.5, 0.6) is 5.75 Å². The lowest BCUT2D eigenvalue weighted by Gasteiger charge is -2.27. The molecular formula is C25H22ClN3O2S. The van der Waals surface area contributed by atoms with Crippen LogP contribution in [0.4, 0.5) is 5.69 Å².